The van der Waals surface area contributed by atoms with E-state index >= 15 is 0 Å². The first-order valence-electron chi connectivity index (χ1n) is 6.57. The monoisotopic (exact) mass is 278 g/mol. The number of carbonyl (C=O) groups excluding carboxylic acids is 1. The molecule has 1 aromatic carbocycles. The van der Waals surface area contributed by atoms with Crippen LogP contribution in [0, 0.1) is 0 Å². The minimum Gasteiger partial charge on any atom is -0.480 e. The molecule has 0 aliphatic carbocycles. The lowest BCUT2D eigenvalue weighted by Crippen LogP contribution is -2.40. The van der Waals surface area contributed by atoms with Gasteiger partial charge in [-0.3, -0.25) is 4.79 Å². The van der Waals surface area contributed by atoms with E-state index in [1.807, 2.05) is 43.3 Å². The zero-order valence-corrected chi connectivity index (χ0v) is 12.5. The van der Waals surface area contributed by atoms with Gasteiger partial charge < -0.3 is 14.9 Å². The molecule has 0 fully saturated rings. The predicted molar refractivity (Wildman–Crippen MR) is 79.0 cm³/mol. The van der Waals surface area contributed by atoms with Crippen molar-refractivity contribution in [2.45, 2.75) is 25.8 Å². The SMILES string of the molecule is CC(C(=O)O)N(C)C(=O)CCc1cccc(N(C)C)c1. The van der Waals surface area contributed by atoms with Gasteiger partial charge in [-0.2, -0.15) is 0 Å². The summed E-state index contributed by atoms with van der Waals surface area (Å²) in [5, 5.41) is 8.88. The first-order valence-corrected chi connectivity index (χ1v) is 6.57. The van der Waals surface area contributed by atoms with Crippen LogP contribution in [0.4, 0.5) is 5.69 Å². The maximum Gasteiger partial charge on any atom is 0.326 e. The molecule has 0 radical (unpaired) electrons. The maximum atomic E-state index is 11.9. The summed E-state index contributed by atoms with van der Waals surface area (Å²) in [5.74, 6) is -1.15. The van der Waals surface area contributed by atoms with Crippen LogP contribution in [-0.2, 0) is 16.0 Å². The van der Waals surface area contributed by atoms with Gasteiger partial charge >= 0.3 is 5.97 Å². The molecule has 5 heteroatoms. The Morgan fingerprint density at radius 2 is 1.90 bits per heavy atom. The number of anilines is 1. The van der Waals surface area contributed by atoms with Crippen LogP contribution < -0.4 is 4.90 Å². The molecule has 1 atom stereocenters. The molecule has 0 aromatic heterocycles. The predicted octanol–water partition coefficient (Wildman–Crippen LogP) is 1.62. The molecule has 0 spiro atoms. The van der Waals surface area contributed by atoms with E-state index < -0.39 is 12.0 Å². The summed E-state index contributed by atoms with van der Waals surface area (Å²) in [5.41, 5.74) is 2.16. The third-order valence-corrected chi connectivity index (χ3v) is 3.39. The smallest absolute Gasteiger partial charge is 0.326 e. The van der Waals surface area contributed by atoms with E-state index in [-0.39, 0.29) is 5.91 Å². The Labute approximate surface area is 119 Å². The van der Waals surface area contributed by atoms with Crippen LogP contribution in [0.1, 0.15) is 18.9 Å². The first-order chi connectivity index (χ1) is 9.32. The van der Waals surface area contributed by atoms with Crippen molar-refractivity contribution in [1.29, 1.82) is 0 Å². The van der Waals surface area contributed by atoms with Crippen LogP contribution in [0.25, 0.3) is 0 Å². The summed E-state index contributed by atoms with van der Waals surface area (Å²) in [4.78, 5) is 26.1. The molecule has 1 rings (SSSR count). The number of benzene rings is 1. The van der Waals surface area contributed by atoms with Crippen molar-refractivity contribution >= 4 is 17.6 Å². The van der Waals surface area contributed by atoms with Crippen LogP contribution in [0.15, 0.2) is 24.3 Å². The molecule has 110 valence electrons. The summed E-state index contributed by atoms with van der Waals surface area (Å²) in [6.07, 6.45) is 0.919. The average molecular weight is 278 g/mol. The van der Waals surface area contributed by atoms with E-state index in [4.69, 9.17) is 5.11 Å². The van der Waals surface area contributed by atoms with Crippen LogP contribution in [0.3, 0.4) is 0 Å². The molecule has 0 heterocycles. The van der Waals surface area contributed by atoms with Crippen molar-refractivity contribution in [2.75, 3.05) is 26.0 Å². The molecule has 1 aromatic rings. The molecule has 0 aliphatic rings. The van der Waals surface area contributed by atoms with Crippen LogP contribution in [0.2, 0.25) is 0 Å². The molecule has 0 aliphatic heterocycles. The highest BCUT2D eigenvalue weighted by molar-refractivity contribution is 5.83. The summed E-state index contributed by atoms with van der Waals surface area (Å²) in [7, 11) is 5.45. The fourth-order valence-electron chi connectivity index (χ4n) is 1.80. The molecular formula is C15H22N2O3. The number of aliphatic carboxylic acids is 1. The van der Waals surface area contributed by atoms with Crippen molar-refractivity contribution in [3.8, 4) is 0 Å². The number of carbonyl (C=O) groups is 2. The van der Waals surface area contributed by atoms with Gasteiger partial charge in [-0.15, -0.1) is 0 Å². The first kappa shape index (κ1) is 16.0. The molecule has 1 unspecified atom stereocenters. The van der Waals surface area contributed by atoms with Crippen LogP contribution >= 0.6 is 0 Å². The van der Waals surface area contributed by atoms with E-state index in [1.165, 1.54) is 18.9 Å². The summed E-state index contributed by atoms with van der Waals surface area (Å²) >= 11 is 0. The number of amides is 1. The zero-order valence-electron chi connectivity index (χ0n) is 12.5. The van der Waals surface area contributed by atoms with E-state index in [2.05, 4.69) is 0 Å². The number of rotatable bonds is 6. The molecular weight excluding hydrogens is 256 g/mol. The van der Waals surface area contributed by atoms with Gasteiger partial charge in [0.2, 0.25) is 5.91 Å². The fourth-order valence-corrected chi connectivity index (χ4v) is 1.80. The van der Waals surface area contributed by atoms with Gasteiger partial charge in [0, 0.05) is 33.3 Å². The summed E-state index contributed by atoms with van der Waals surface area (Å²) in [6.45, 7) is 1.51. The van der Waals surface area contributed by atoms with Crippen molar-refractivity contribution in [3.63, 3.8) is 0 Å². The van der Waals surface area contributed by atoms with Crippen molar-refractivity contribution in [1.82, 2.24) is 4.90 Å². The number of carboxylic acid groups (broad SMARTS) is 1. The van der Waals surface area contributed by atoms with Gasteiger partial charge in [0.15, 0.2) is 0 Å². The average Bonchev–Trinajstić information content (AvgIpc) is 2.43. The Hall–Kier alpha value is -2.04. The van der Waals surface area contributed by atoms with Crippen LogP contribution in [0.5, 0.6) is 0 Å². The van der Waals surface area contributed by atoms with E-state index in [0.29, 0.717) is 12.8 Å². The second-order valence-corrected chi connectivity index (χ2v) is 5.08. The normalized spacial score (nSPS) is 11.8. The van der Waals surface area contributed by atoms with Crippen LogP contribution in [-0.4, -0.2) is 49.1 Å². The Morgan fingerprint density at radius 1 is 1.25 bits per heavy atom. The quantitative estimate of drug-likeness (QED) is 0.859. The third-order valence-electron chi connectivity index (χ3n) is 3.39. The van der Waals surface area contributed by atoms with Crippen molar-refractivity contribution < 1.29 is 14.7 Å². The minimum absolute atomic E-state index is 0.157. The second kappa shape index (κ2) is 6.93. The third kappa shape index (κ3) is 4.26. The van der Waals surface area contributed by atoms with Gasteiger partial charge in [0.25, 0.3) is 0 Å². The Balaban J connectivity index is 2.61. The van der Waals surface area contributed by atoms with Gasteiger partial charge in [-0.1, -0.05) is 12.1 Å². The topological polar surface area (TPSA) is 60.9 Å². The fraction of sp³-hybridized carbons (Fsp3) is 0.467. The highest BCUT2D eigenvalue weighted by Crippen LogP contribution is 2.15. The standard InChI is InChI=1S/C15H22N2O3/c1-11(15(19)20)17(4)14(18)9-8-12-6-5-7-13(10-12)16(2)3/h5-7,10-11H,8-9H2,1-4H3,(H,19,20). The lowest BCUT2D eigenvalue weighted by atomic mass is 10.1. The Bertz CT molecular complexity index is 486. The Kier molecular flexibility index (Phi) is 5.55. The Morgan fingerprint density at radius 3 is 2.45 bits per heavy atom. The van der Waals surface area contributed by atoms with E-state index in [0.717, 1.165) is 11.3 Å². The summed E-state index contributed by atoms with van der Waals surface area (Å²) in [6, 6.07) is 7.17. The molecule has 1 amide bonds. The van der Waals surface area contributed by atoms with Crippen molar-refractivity contribution in [3.05, 3.63) is 29.8 Å². The molecule has 20 heavy (non-hydrogen) atoms. The number of aryl methyl sites for hydroxylation is 1. The summed E-state index contributed by atoms with van der Waals surface area (Å²) < 4.78 is 0. The largest absolute Gasteiger partial charge is 0.480 e. The number of carboxylic acids is 1. The van der Waals surface area contributed by atoms with Gasteiger partial charge in [0.1, 0.15) is 6.04 Å². The molecule has 0 saturated carbocycles. The molecule has 1 N–H and O–H groups in total. The van der Waals surface area contributed by atoms with Gasteiger partial charge in [0.05, 0.1) is 0 Å². The van der Waals surface area contributed by atoms with Gasteiger partial charge in [-0.25, -0.2) is 4.79 Å². The highest BCUT2D eigenvalue weighted by atomic mass is 16.4. The lowest BCUT2D eigenvalue weighted by molar-refractivity contribution is -0.148. The molecule has 0 saturated heterocycles. The maximum absolute atomic E-state index is 11.9. The minimum atomic E-state index is -0.990. The lowest BCUT2D eigenvalue weighted by Gasteiger charge is -2.21. The number of nitrogens with zero attached hydrogens (tertiary/aromatic N) is 2. The molecule has 0 bridgehead atoms. The zero-order chi connectivity index (χ0) is 15.3. The number of hydrogen-bond donors (Lipinski definition) is 1. The van der Waals surface area contributed by atoms with Gasteiger partial charge in [-0.05, 0) is 31.0 Å². The molecule has 5 nitrogen and oxygen atoms in total. The van der Waals surface area contributed by atoms with E-state index in [9.17, 15) is 9.59 Å². The van der Waals surface area contributed by atoms with E-state index in [1.54, 1.807) is 0 Å². The van der Waals surface area contributed by atoms with Crippen molar-refractivity contribution in [2.24, 2.45) is 0 Å². The number of hydrogen-bond acceptors (Lipinski definition) is 3. The highest BCUT2D eigenvalue weighted by Gasteiger charge is 2.21. The second-order valence-electron chi connectivity index (χ2n) is 5.08. The number of likely N-dealkylation sites (N-methyl/N-ethyl adjacent to an activating group) is 1.